The first-order valence-corrected chi connectivity index (χ1v) is 3.84. The topological polar surface area (TPSA) is 61.0 Å². The Labute approximate surface area is 71.8 Å². The summed E-state index contributed by atoms with van der Waals surface area (Å²) in [6, 6.07) is 3.77. The predicted molar refractivity (Wildman–Crippen MR) is 45.9 cm³/mol. The zero-order valence-electron chi connectivity index (χ0n) is 7.32. The molecular weight excluding hydrogens is 154 g/mol. The van der Waals surface area contributed by atoms with Gasteiger partial charge in [0.05, 0.1) is 12.8 Å². The van der Waals surface area contributed by atoms with Gasteiger partial charge in [0, 0.05) is 18.5 Å². The third-order valence-electron chi connectivity index (χ3n) is 1.44. The summed E-state index contributed by atoms with van der Waals surface area (Å²) in [5.74, 6) is 0.531. The lowest BCUT2D eigenvalue weighted by molar-refractivity contribution is 0.391. The van der Waals surface area contributed by atoms with Crippen molar-refractivity contribution in [3.05, 3.63) is 17.8 Å². The van der Waals surface area contributed by atoms with Crippen molar-refractivity contribution in [1.29, 1.82) is 0 Å². The van der Waals surface area contributed by atoms with E-state index in [9.17, 15) is 0 Å². The molecule has 0 spiro atoms. The van der Waals surface area contributed by atoms with Gasteiger partial charge < -0.3 is 10.5 Å². The van der Waals surface area contributed by atoms with Crippen LogP contribution in [0.25, 0.3) is 0 Å². The highest BCUT2D eigenvalue weighted by atomic mass is 16.5. The van der Waals surface area contributed by atoms with Crippen molar-refractivity contribution in [3.8, 4) is 5.88 Å². The predicted octanol–water partition coefficient (Wildman–Crippen LogP) is 0.375. The molecule has 0 saturated heterocycles. The van der Waals surface area contributed by atoms with Gasteiger partial charge in [-0.2, -0.15) is 5.10 Å². The second-order valence-electron chi connectivity index (χ2n) is 2.75. The second kappa shape index (κ2) is 4.01. The van der Waals surface area contributed by atoms with E-state index >= 15 is 0 Å². The number of hydrogen-bond acceptors (Lipinski definition) is 4. The highest BCUT2D eigenvalue weighted by Gasteiger charge is 2.00. The van der Waals surface area contributed by atoms with Crippen molar-refractivity contribution in [3.63, 3.8) is 0 Å². The Morgan fingerprint density at radius 2 is 2.25 bits per heavy atom. The van der Waals surface area contributed by atoms with E-state index in [4.69, 9.17) is 10.5 Å². The summed E-state index contributed by atoms with van der Waals surface area (Å²) in [5, 5.41) is 7.76. The summed E-state index contributed by atoms with van der Waals surface area (Å²) in [5.41, 5.74) is 6.49. The van der Waals surface area contributed by atoms with Crippen LogP contribution >= 0.6 is 0 Å². The second-order valence-corrected chi connectivity index (χ2v) is 2.75. The molecule has 0 fully saturated rings. The molecule has 12 heavy (non-hydrogen) atoms. The molecule has 0 amide bonds. The van der Waals surface area contributed by atoms with Crippen molar-refractivity contribution in [2.24, 2.45) is 5.73 Å². The van der Waals surface area contributed by atoms with Gasteiger partial charge in [0.1, 0.15) is 0 Å². The van der Waals surface area contributed by atoms with Crippen molar-refractivity contribution >= 4 is 0 Å². The molecule has 1 aromatic heterocycles. The van der Waals surface area contributed by atoms with Crippen LogP contribution in [0.3, 0.4) is 0 Å². The Bertz CT molecular complexity index is 233. The fraction of sp³-hybridized carbons (Fsp3) is 0.500. The molecule has 1 rings (SSSR count). The molecule has 1 unspecified atom stereocenters. The SMILES string of the molecule is COc1ccc(CC(C)N)nn1. The van der Waals surface area contributed by atoms with E-state index in [1.54, 1.807) is 13.2 Å². The summed E-state index contributed by atoms with van der Waals surface area (Å²) < 4.78 is 4.87. The quantitative estimate of drug-likeness (QED) is 0.706. The third-order valence-corrected chi connectivity index (χ3v) is 1.44. The molecule has 2 N–H and O–H groups in total. The molecule has 0 aliphatic carbocycles. The maximum Gasteiger partial charge on any atom is 0.233 e. The Balaban J connectivity index is 2.65. The van der Waals surface area contributed by atoms with Crippen LogP contribution in [0.5, 0.6) is 5.88 Å². The first-order chi connectivity index (χ1) is 5.72. The lowest BCUT2D eigenvalue weighted by Crippen LogP contribution is -2.18. The van der Waals surface area contributed by atoms with Crippen molar-refractivity contribution in [2.45, 2.75) is 19.4 Å². The molecule has 66 valence electrons. The van der Waals surface area contributed by atoms with E-state index in [0.717, 1.165) is 12.1 Å². The maximum atomic E-state index is 5.60. The zero-order valence-corrected chi connectivity index (χ0v) is 7.32. The average Bonchev–Trinajstić information content (AvgIpc) is 2.05. The van der Waals surface area contributed by atoms with Gasteiger partial charge in [-0.25, -0.2) is 0 Å². The smallest absolute Gasteiger partial charge is 0.233 e. The molecule has 0 aliphatic rings. The molecule has 1 atom stereocenters. The van der Waals surface area contributed by atoms with Crippen LogP contribution in [0.2, 0.25) is 0 Å². The lowest BCUT2D eigenvalue weighted by Gasteiger charge is -2.03. The number of hydrogen-bond donors (Lipinski definition) is 1. The maximum absolute atomic E-state index is 5.60. The standard InChI is InChI=1S/C8H13N3O/c1-6(9)5-7-3-4-8(12-2)11-10-7/h3-4,6H,5,9H2,1-2H3. The van der Waals surface area contributed by atoms with Crippen LogP contribution in [-0.4, -0.2) is 23.3 Å². The summed E-state index contributed by atoms with van der Waals surface area (Å²) in [7, 11) is 1.56. The van der Waals surface area contributed by atoms with Crippen LogP contribution in [0, 0.1) is 0 Å². The van der Waals surface area contributed by atoms with Crippen molar-refractivity contribution < 1.29 is 4.74 Å². The number of rotatable bonds is 3. The van der Waals surface area contributed by atoms with E-state index in [1.807, 2.05) is 13.0 Å². The minimum Gasteiger partial charge on any atom is -0.480 e. The number of nitrogens with two attached hydrogens (primary N) is 1. The summed E-state index contributed by atoms with van der Waals surface area (Å²) in [6.45, 7) is 1.94. The van der Waals surface area contributed by atoms with Gasteiger partial charge in [-0.1, -0.05) is 0 Å². The molecule has 0 radical (unpaired) electrons. The summed E-state index contributed by atoms with van der Waals surface area (Å²) in [4.78, 5) is 0. The number of nitrogens with zero attached hydrogens (tertiary/aromatic N) is 2. The minimum atomic E-state index is 0.118. The van der Waals surface area contributed by atoms with Gasteiger partial charge in [-0.3, -0.25) is 0 Å². The van der Waals surface area contributed by atoms with Gasteiger partial charge in [0.25, 0.3) is 0 Å². The molecule has 0 aromatic carbocycles. The van der Waals surface area contributed by atoms with Crippen LogP contribution < -0.4 is 10.5 Å². The molecule has 1 heterocycles. The Hall–Kier alpha value is -1.16. The summed E-state index contributed by atoms with van der Waals surface area (Å²) in [6.07, 6.45) is 0.747. The third kappa shape index (κ3) is 2.47. The lowest BCUT2D eigenvalue weighted by atomic mass is 10.2. The largest absolute Gasteiger partial charge is 0.480 e. The monoisotopic (exact) mass is 167 g/mol. The van der Waals surface area contributed by atoms with Gasteiger partial charge in [-0.05, 0) is 13.0 Å². The van der Waals surface area contributed by atoms with Crippen molar-refractivity contribution in [1.82, 2.24) is 10.2 Å². The van der Waals surface area contributed by atoms with E-state index in [1.165, 1.54) is 0 Å². The molecule has 4 heteroatoms. The normalized spacial score (nSPS) is 12.6. The molecule has 0 aliphatic heterocycles. The Morgan fingerprint density at radius 3 is 2.67 bits per heavy atom. The van der Waals surface area contributed by atoms with E-state index in [0.29, 0.717) is 5.88 Å². The molecule has 4 nitrogen and oxygen atoms in total. The molecule has 0 bridgehead atoms. The first kappa shape index (κ1) is 8.93. The number of aromatic nitrogens is 2. The van der Waals surface area contributed by atoms with E-state index in [-0.39, 0.29) is 6.04 Å². The number of methoxy groups -OCH3 is 1. The van der Waals surface area contributed by atoms with Crippen LogP contribution in [0.4, 0.5) is 0 Å². The van der Waals surface area contributed by atoms with Gasteiger partial charge in [-0.15, -0.1) is 5.10 Å². The molecule has 1 aromatic rings. The van der Waals surface area contributed by atoms with Gasteiger partial charge >= 0.3 is 0 Å². The Kier molecular flexibility index (Phi) is 2.99. The van der Waals surface area contributed by atoms with E-state index < -0.39 is 0 Å². The molecule has 0 saturated carbocycles. The van der Waals surface area contributed by atoms with Crippen LogP contribution in [0.1, 0.15) is 12.6 Å². The minimum absolute atomic E-state index is 0.118. The fourth-order valence-electron chi connectivity index (χ4n) is 0.895. The van der Waals surface area contributed by atoms with Crippen LogP contribution in [0.15, 0.2) is 12.1 Å². The van der Waals surface area contributed by atoms with Gasteiger partial charge in [0.15, 0.2) is 0 Å². The van der Waals surface area contributed by atoms with E-state index in [2.05, 4.69) is 10.2 Å². The highest BCUT2D eigenvalue weighted by Crippen LogP contribution is 2.04. The van der Waals surface area contributed by atoms with Crippen LogP contribution in [-0.2, 0) is 6.42 Å². The van der Waals surface area contributed by atoms with Gasteiger partial charge in [0.2, 0.25) is 5.88 Å². The fourth-order valence-corrected chi connectivity index (χ4v) is 0.895. The van der Waals surface area contributed by atoms with Crippen molar-refractivity contribution in [2.75, 3.05) is 7.11 Å². The zero-order chi connectivity index (χ0) is 8.97. The first-order valence-electron chi connectivity index (χ1n) is 3.84. The Morgan fingerprint density at radius 1 is 1.50 bits per heavy atom. The number of ether oxygens (including phenoxy) is 1. The molecular formula is C8H13N3O. The highest BCUT2D eigenvalue weighted by molar-refractivity contribution is 5.11. The summed E-state index contributed by atoms with van der Waals surface area (Å²) >= 11 is 0. The average molecular weight is 167 g/mol.